The predicted molar refractivity (Wildman–Crippen MR) is 93.9 cm³/mol. The zero-order chi connectivity index (χ0) is 17.7. The first-order valence-corrected chi connectivity index (χ1v) is 8.62. The summed E-state index contributed by atoms with van der Waals surface area (Å²) in [5.74, 6) is 0.227. The van der Waals surface area contributed by atoms with Crippen LogP contribution in [0.3, 0.4) is 0 Å². The molecule has 1 heterocycles. The number of hydrogen-bond acceptors (Lipinski definition) is 4. The Morgan fingerprint density at radius 2 is 1.68 bits per heavy atom. The Morgan fingerprint density at radius 1 is 1.04 bits per heavy atom. The van der Waals surface area contributed by atoms with E-state index in [1.165, 1.54) is 12.1 Å². The second-order valence-electron chi connectivity index (χ2n) is 6.62. The summed E-state index contributed by atoms with van der Waals surface area (Å²) in [4.78, 5) is 2.14. The van der Waals surface area contributed by atoms with Crippen LogP contribution >= 0.6 is 0 Å². The molecule has 0 aliphatic carbocycles. The molecule has 2 aromatic carbocycles. The van der Waals surface area contributed by atoms with E-state index in [4.69, 9.17) is 4.74 Å². The number of benzene rings is 2. The highest BCUT2D eigenvalue weighted by Gasteiger charge is 2.34. The van der Waals surface area contributed by atoms with E-state index in [9.17, 15) is 14.6 Å². The normalized spacial score (nSPS) is 18.7. The molecule has 2 aromatic rings. The minimum absolute atomic E-state index is 0.158. The number of piperidine rings is 1. The zero-order valence-electron chi connectivity index (χ0n) is 14.1. The van der Waals surface area contributed by atoms with Crippen molar-refractivity contribution in [3.8, 4) is 5.75 Å². The van der Waals surface area contributed by atoms with Crippen molar-refractivity contribution in [2.45, 2.75) is 24.5 Å². The highest BCUT2D eigenvalue weighted by Crippen LogP contribution is 2.32. The van der Waals surface area contributed by atoms with E-state index in [0.717, 1.165) is 18.7 Å². The Morgan fingerprint density at radius 3 is 2.32 bits per heavy atom. The zero-order valence-corrected chi connectivity index (χ0v) is 14.1. The number of aliphatic hydroxyl groups is 2. The molecule has 1 saturated heterocycles. The largest absolute Gasteiger partial charge is 0.491 e. The SMILES string of the molecule is O[C@@H](COc1ccc(F)cc1)CN1CCC(O)(c2ccccc2)CC1. The van der Waals surface area contributed by atoms with Gasteiger partial charge >= 0.3 is 0 Å². The molecular weight excluding hydrogens is 321 g/mol. The second-order valence-corrected chi connectivity index (χ2v) is 6.62. The number of aliphatic hydroxyl groups excluding tert-OH is 1. The van der Waals surface area contributed by atoms with E-state index >= 15 is 0 Å². The Kier molecular flexibility index (Phi) is 5.68. The van der Waals surface area contributed by atoms with Crippen LogP contribution in [0, 0.1) is 5.82 Å². The van der Waals surface area contributed by atoms with Crippen LogP contribution < -0.4 is 4.74 Å². The number of halogens is 1. The van der Waals surface area contributed by atoms with Gasteiger partial charge < -0.3 is 19.8 Å². The van der Waals surface area contributed by atoms with Crippen molar-refractivity contribution >= 4 is 0 Å². The van der Waals surface area contributed by atoms with Gasteiger partial charge in [0, 0.05) is 19.6 Å². The third kappa shape index (κ3) is 4.78. The standard InChI is InChI=1S/C20H24FNO3/c21-17-6-8-19(9-7-17)25-15-18(23)14-22-12-10-20(24,11-13-22)16-4-2-1-3-5-16/h1-9,18,23-24H,10-15H2/t18-/m1/s1. The third-order valence-corrected chi connectivity index (χ3v) is 4.72. The molecule has 0 bridgehead atoms. The lowest BCUT2D eigenvalue weighted by molar-refractivity contribution is -0.0372. The summed E-state index contributed by atoms with van der Waals surface area (Å²) in [5, 5.41) is 21.0. The first-order valence-electron chi connectivity index (χ1n) is 8.62. The lowest BCUT2D eigenvalue weighted by Gasteiger charge is -2.39. The number of rotatable bonds is 6. The summed E-state index contributed by atoms with van der Waals surface area (Å²) in [5.41, 5.74) is 0.169. The van der Waals surface area contributed by atoms with Crippen molar-refractivity contribution < 1.29 is 19.3 Å². The second kappa shape index (κ2) is 7.95. The Bertz CT molecular complexity index is 654. The van der Waals surface area contributed by atoms with E-state index in [1.54, 1.807) is 12.1 Å². The molecule has 0 radical (unpaired) electrons. The fourth-order valence-electron chi connectivity index (χ4n) is 3.22. The fraction of sp³-hybridized carbons (Fsp3) is 0.400. The van der Waals surface area contributed by atoms with E-state index in [2.05, 4.69) is 4.90 Å². The van der Waals surface area contributed by atoms with Crippen LogP contribution in [0.5, 0.6) is 5.75 Å². The van der Waals surface area contributed by atoms with E-state index < -0.39 is 11.7 Å². The Balaban J connectivity index is 1.44. The molecule has 4 nitrogen and oxygen atoms in total. The number of likely N-dealkylation sites (tertiary alicyclic amines) is 1. The molecule has 3 rings (SSSR count). The van der Waals surface area contributed by atoms with Crippen molar-refractivity contribution in [2.24, 2.45) is 0 Å². The number of nitrogens with zero attached hydrogens (tertiary/aromatic N) is 1. The molecular formula is C20H24FNO3. The molecule has 1 aliphatic heterocycles. The molecule has 25 heavy (non-hydrogen) atoms. The highest BCUT2D eigenvalue weighted by atomic mass is 19.1. The van der Waals surface area contributed by atoms with Crippen molar-refractivity contribution in [3.63, 3.8) is 0 Å². The van der Waals surface area contributed by atoms with Crippen molar-refractivity contribution in [1.82, 2.24) is 4.90 Å². The average Bonchev–Trinajstić information content (AvgIpc) is 2.64. The van der Waals surface area contributed by atoms with Gasteiger partial charge in [-0.1, -0.05) is 30.3 Å². The molecule has 0 aromatic heterocycles. The quantitative estimate of drug-likeness (QED) is 0.845. The Labute approximate surface area is 147 Å². The number of β-amino-alcohol motifs (C(OH)–C–C–N with tert-alkyl or cyclic N) is 1. The molecule has 1 aliphatic rings. The van der Waals surface area contributed by atoms with Crippen molar-refractivity contribution in [1.29, 1.82) is 0 Å². The van der Waals surface area contributed by atoms with Gasteiger partial charge in [-0.15, -0.1) is 0 Å². The highest BCUT2D eigenvalue weighted by molar-refractivity contribution is 5.23. The first kappa shape index (κ1) is 17.9. The number of ether oxygens (including phenoxy) is 1. The maximum absolute atomic E-state index is 12.8. The maximum atomic E-state index is 12.8. The van der Waals surface area contributed by atoms with Crippen LogP contribution in [0.25, 0.3) is 0 Å². The van der Waals surface area contributed by atoms with Crippen LogP contribution in [-0.4, -0.2) is 47.5 Å². The van der Waals surface area contributed by atoms with Gasteiger partial charge in [-0.05, 0) is 42.7 Å². The van der Waals surface area contributed by atoms with Gasteiger partial charge in [0.05, 0.1) is 5.60 Å². The van der Waals surface area contributed by atoms with Crippen LogP contribution in [-0.2, 0) is 5.60 Å². The minimum Gasteiger partial charge on any atom is -0.491 e. The van der Waals surface area contributed by atoms with Crippen LogP contribution in [0.2, 0.25) is 0 Å². The van der Waals surface area contributed by atoms with Gasteiger partial charge in [0.15, 0.2) is 0 Å². The average molecular weight is 345 g/mol. The minimum atomic E-state index is -0.784. The molecule has 1 atom stereocenters. The van der Waals surface area contributed by atoms with E-state index in [0.29, 0.717) is 25.1 Å². The van der Waals surface area contributed by atoms with Gasteiger partial charge in [-0.25, -0.2) is 4.39 Å². The predicted octanol–water partition coefficient (Wildman–Crippen LogP) is 2.55. The molecule has 0 amide bonds. The maximum Gasteiger partial charge on any atom is 0.123 e. The van der Waals surface area contributed by atoms with Crippen LogP contribution in [0.1, 0.15) is 18.4 Å². The lowest BCUT2D eigenvalue weighted by atomic mass is 9.84. The molecule has 0 spiro atoms. The van der Waals surface area contributed by atoms with Crippen LogP contribution in [0.15, 0.2) is 54.6 Å². The summed E-state index contributed by atoms with van der Waals surface area (Å²) in [6.45, 7) is 2.09. The molecule has 0 unspecified atom stereocenters. The smallest absolute Gasteiger partial charge is 0.123 e. The summed E-state index contributed by atoms with van der Waals surface area (Å²) < 4.78 is 18.3. The van der Waals surface area contributed by atoms with Gasteiger partial charge in [0.1, 0.15) is 24.3 Å². The summed E-state index contributed by atoms with van der Waals surface area (Å²) in [6.07, 6.45) is 0.651. The van der Waals surface area contributed by atoms with Crippen molar-refractivity contribution in [3.05, 3.63) is 66.0 Å². The molecule has 5 heteroatoms. The van der Waals surface area contributed by atoms with Gasteiger partial charge in [-0.2, -0.15) is 0 Å². The Hall–Kier alpha value is -1.95. The summed E-state index contributed by atoms with van der Waals surface area (Å²) >= 11 is 0. The van der Waals surface area contributed by atoms with Gasteiger partial charge in [0.25, 0.3) is 0 Å². The van der Waals surface area contributed by atoms with E-state index in [-0.39, 0.29) is 12.4 Å². The third-order valence-electron chi connectivity index (χ3n) is 4.72. The summed E-state index contributed by atoms with van der Waals surface area (Å²) in [6, 6.07) is 15.5. The first-order chi connectivity index (χ1) is 12.0. The van der Waals surface area contributed by atoms with E-state index in [1.807, 2.05) is 30.3 Å². The molecule has 134 valence electrons. The monoisotopic (exact) mass is 345 g/mol. The van der Waals surface area contributed by atoms with Crippen LogP contribution in [0.4, 0.5) is 4.39 Å². The number of hydrogen-bond donors (Lipinski definition) is 2. The van der Waals surface area contributed by atoms with Crippen molar-refractivity contribution in [2.75, 3.05) is 26.2 Å². The van der Waals surface area contributed by atoms with Gasteiger partial charge in [-0.3, -0.25) is 0 Å². The molecule has 0 saturated carbocycles. The molecule has 1 fully saturated rings. The fourth-order valence-corrected chi connectivity index (χ4v) is 3.22. The molecule has 2 N–H and O–H groups in total. The topological polar surface area (TPSA) is 52.9 Å². The lowest BCUT2D eigenvalue weighted by Crippen LogP contribution is -2.46. The summed E-state index contributed by atoms with van der Waals surface area (Å²) in [7, 11) is 0. The van der Waals surface area contributed by atoms with Gasteiger partial charge in [0.2, 0.25) is 0 Å².